The van der Waals surface area contributed by atoms with Gasteiger partial charge in [-0.1, -0.05) is 48.1 Å². The highest BCUT2D eigenvalue weighted by Crippen LogP contribution is 2.44. The lowest BCUT2D eigenvalue weighted by Crippen LogP contribution is -2.49. The summed E-state index contributed by atoms with van der Waals surface area (Å²) in [6.45, 7) is 26.8. The van der Waals surface area contributed by atoms with Gasteiger partial charge in [0.2, 0.25) is 0 Å². The van der Waals surface area contributed by atoms with Crippen LogP contribution in [0.25, 0.3) is 0 Å². The third-order valence-corrected chi connectivity index (χ3v) is 15.8. The van der Waals surface area contributed by atoms with Crippen molar-refractivity contribution in [2.24, 2.45) is 0 Å². The predicted molar refractivity (Wildman–Crippen MR) is 123 cm³/mol. The molecule has 0 aliphatic heterocycles. The van der Waals surface area contributed by atoms with Crippen molar-refractivity contribution in [3.05, 3.63) is 23.8 Å². The van der Waals surface area contributed by atoms with Crippen molar-refractivity contribution in [3.63, 3.8) is 0 Å². The molecular weight excluding hydrogens is 384 g/mol. The van der Waals surface area contributed by atoms with Crippen LogP contribution in [0.1, 0.15) is 54.4 Å². The Labute approximate surface area is 175 Å². The molecule has 1 saturated carbocycles. The van der Waals surface area contributed by atoms with Gasteiger partial charge in [-0.15, -0.1) is 0 Å². The molecule has 1 fully saturated rings. The maximum atomic E-state index is 11.9. The van der Waals surface area contributed by atoms with E-state index in [0.29, 0.717) is 6.42 Å². The van der Waals surface area contributed by atoms with Gasteiger partial charge in [0.25, 0.3) is 0 Å². The number of ether oxygens (including phenoxy) is 1. The van der Waals surface area contributed by atoms with Gasteiger partial charge < -0.3 is 13.6 Å². The van der Waals surface area contributed by atoms with Crippen LogP contribution >= 0.6 is 0 Å². The molecule has 0 aromatic carbocycles. The Hall–Kier alpha value is -0.696. The summed E-state index contributed by atoms with van der Waals surface area (Å²) in [6, 6.07) is 0. The van der Waals surface area contributed by atoms with Crippen molar-refractivity contribution >= 4 is 22.6 Å². The average molecular weight is 427 g/mol. The van der Waals surface area contributed by atoms with Crippen molar-refractivity contribution in [1.82, 2.24) is 0 Å². The zero-order chi connectivity index (χ0) is 22.1. The molecule has 28 heavy (non-hydrogen) atoms. The molecule has 0 spiro atoms. The van der Waals surface area contributed by atoms with Crippen LogP contribution in [0.4, 0.5) is 0 Å². The minimum atomic E-state index is -1.99. The summed E-state index contributed by atoms with van der Waals surface area (Å²) >= 11 is 0. The number of hydrogen-bond acceptors (Lipinski definition) is 4. The molecule has 0 N–H and O–H groups in total. The summed E-state index contributed by atoms with van der Waals surface area (Å²) in [6.07, 6.45) is 2.93. The zero-order valence-corrected chi connectivity index (χ0v) is 22.0. The fraction of sp³-hybridized carbons (Fsp3) is 0.773. The smallest absolute Gasteiger partial charge is 0.330 e. The Bertz CT molecular complexity index is 621. The van der Waals surface area contributed by atoms with E-state index >= 15 is 0 Å². The van der Waals surface area contributed by atoms with Crippen LogP contribution in [0.2, 0.25) is 36.3 Å². The van der Waals surface area contributed by atoms with Crippen LogP contribution in [-0.4, -0.2) is 41.9 Å². The van der Waals surface area contributed by atoms with Crippen LogP contribution in [0.5, 0.6) is 0 Å². The topological polar surface area (TPSA) is 44.8 Å². The summed E-state index contributed by atoms with van der Waals surface area (Å²) in [7, 11) is -2.52. The Kier molecular flexibility index (Phi) is 7.77. The van der Waals surface area contributed by atoms with Crippen LogP contribution in [0.15, 0.2) is 23.8 Å². The number of carbonyl (C=O) groups is 1. The molecule has 0 aromatic heterocycles. The van der Waals surface area contributed by atoms with Gasteiger partial charge >= 0.3 is 5.97 Å². The fourth-order valence-corrected chi connectivity index (χ4v) is 5.40. The average Bonchev–Trinajstić information content (AvgIpc) is 2.48. The second-order valence-electron chi connectivity index (χ2n) is 11.0. The first kappa shape index (κ1) is 25.3. The highest BCUT2D eigenvalue weighted by molar-refractivity contribution is 6.74. The van der Waals surface area contributed by atoms with E-state index in [2.05, 4.69) is 74.3 Å². The van der Waals surface area contributed by atoms with Crippen LogP contribution in [0.3, 0.4) is 0 Å². The lowest BCUT2D eigenvalue weighted by molar-refractivity contribution is -0.134. The van der Waals surface area contributed by atoms with Gasteiger partial charge in [-0.05, 0) is 53.8 Å². The number of hydrogen-bond donors (Lipinski definition) is 0. The fourth-order valence-electron chi connectivity index (χ4n) is 2.74. The van der Waals surface area contributed by atoms with Crippen molar-refractivity contribution in [2.45, 2.75) is 103 Å². The van der Waals surface area contributed by atoms with Crippen molar-refractivity contribution in [1.29, 1.82) is 0 Å². The van der Waals surface area contributed by atoms with E-state index in [0.717, 1.165) is 17.6 Å². The maximum Gasteiger partial charge on any atom is 0.330 e. The molecule has 1 aliphatic rings. The maximum absolute atomic E-state index is 11.9. The van der Waals surface area contributed by atoms with Crippen LogP contribution < -0.4 is 0 Å². The van der Waals surface area contributed by atoms with Gasteiger partial charge in [0, 0.05) is 12.5 Å². The standard InChI is InChI=1S/C22H42O4Si2/c1-16-17(14-20(23)24-8)13-18(25-27(9,10)21(2,3)4)15-19(16)26-28(11,12)22(5,6)7/h14,18-19H,1,13,15H2,2-12H3/b17-14-. The SMILES string of the molecule is C=C1/C(=C\C(=O)OC)CC(O[Si](C)(C)C(C)(C)C)CC1O[Si](C)(C)C(C)(C)C. The Balaban J connectivity index is 3.20. The summed E-state index contributed by atoms with van der Waals surface area (Å²) in [5.41, 5.74) is 1.79. The van der Waals surface area contributed by atoms with Gasteiger partial charge in [-0.2, -0.15) is 0 Å². The molecule has 0 heterocycles. The minimum Gasteiger partial charge on any atom is -0.466 e. The van der Waals surface area contributed by atoms with E-state index in [1.54, 1.807) is 6.08 Å². The monoisotopic (exact) mass is 426 g/mol. The number of carbonyl (C=O) groups excluding carboxylic acids is 1. The van der Waals surface area contributed by atoms with Gasteiger partial charge in [0.1, 0.15) is 0 Å². The number of methoxy groups -OCH3 is 1. The Morgan fingerprint density at radius 2 is 1.46 bits per heavy atom. The molecule has 4 nitrogen and oxygen atoms in total. The van der Waals surface area contributed by atoms with E-state index in [9.17, 15) is 4.79 Å². The predicted octanol–water partition coefficient (Wildman–Crippen LogP) is 6.22. The summed E-state index contributed by atoms with van der Waals surface area (Å²) in [5.74, 6) is -0.352. The van der Waals surface area contributed by atoms with Gasteiger partial charge in [-0.25, -0.2) is 4.79 Å². The third-order valence-electron chi connectivity index (χ3n) is 6.73. The molecule has 1 aliphatic carbocycles. The lowest BCUT2D eigenvalue weighted by atomic mass is 9.86. The number of esters is 1. The second kappa shape index (κ2) is 8.58. The van der Waals surface area contributed by atoms with Crippen LogP contribution in [0, 0.1) is 0 Å². The molecule has 0 saturated heterocycles. The molecule has 0 radical (unpaired) electrons. The molecular formula is C22H42O4Si2. The summed E-state index contributed by atoms with van der Waals surface area (Å²) in [5, 5.41) is 0.232. The highest BCUT2D eigenvalue weighted by Gasteiger charge is 2.44. The molecule has 0 bridgehead atoms. The first-order valence-corrected chi connectivity index (χ1v) is 16.1. The van der Waals surface area contributed by atoms with Crippen molar-refractivity contribution in [2.75, 3.05) is 7.11 Å². The van der Waals surface area contributed by atoms with Crippen molar-refractivity contribution in [3.8, 4) is 0 Å². The van der Waals surface area contributed by atoms with E-state index in [1.807, 2.05) is 0 Å². The molecule has 6 heteroatoms. The summed E-state index contributed by atoms with van der Waals surface area (Å²) < 4.78 is 18.3. The van der Waals surface area contributed by atoms with Crippen molar-refractivity contribution < 1.29 is 18.4 Å². The van der Waals surface area contributed by atoms with Gasteiger partial charge in [-0.3, -0.25) is 0 Å². The van der Waals surface area contributed by atoms with E-state index in [1.165, 1.54) is 7.11 Å². The molecule has 0 amide bonds. The molecule has 1 rings (SSSR count). The normalized spacial score (nSPS) is 23.8. The van der Waals surface area contributed by atoms with Gasteiger partial charge in [0.05, 0.1) is 19.3 Å². The Morgan fingerprint density at radius 3 is 1.89 bits per heavy atom. The second-order valence-corrected chi connectivity index (χ2v) is 20.5. The molecule has 162 valence electrons. The highest BCUT2D eigenvalue weighted by atomic mass is 28.4. The largest absolute Gasteiger partial charge is 0.466 e. The van der Waals surface area contributed by atoms with E-state index < -0.39 is 16.6 Å². The van der Waals surface area contributed by atoms with Gasteiger partial charge in [0.15, 0.2) is 16.6 Å². The third kappa shape index (κ3) is 6.15. The molecule has 2 atom stereocenters. The van der Waals surface area contributed by atoms with E-state index in [-0.39, 0.29) is 28.3 Å². The summed E-state index contributed by atoms with van der Waals surface area (Å²) in [4.78, 5) is 11.9. The zero-order valence-electron chi connectivity index (χ0n) is 20.0. The molecule has 2 unspecified atom stereocenters. The number of rotatable bonds is 5. The quantitative estimate of drug-likeness (QED) is 0.297. The first-order chi connectivity index (χ1) is 12.4. The Morgan fingerprint density at radius 1 is 1.00 bits per heavy atom. The first-order valence-electron chi connectivity index (χ1n) is 10.2. The molecule has 0 aromatic rings. The lowest BCUT2D eigenvalue weighted by Gasteiger charge is -2.45. The minimum absolute atomic E-state index is 0.0251. The van der Waals surface area contributed by atoms with Crippen LogP contribution in [-0.2, 0) is 18.4 Å². The van der Waals surface area contributed by atoms with E-state index in [4.69, 9.17) is 13.6 Å².